The Bertz CT molecular complexity index is 450. The molecule has 2 rings (SSSR count). The Morgan fingerprint density at radius 3 is 3.05 bits per heavy atom. The lowest BCUT2D eigenvalue weighted by Crippen LogP contribution is -2.12. The fourth-order valence-corrected chi connectivity index (χ4v) is 3.21. The molecule has 1 fully saturated rings. The lowest BCUT2D eigenvalue weighted by atomic mass is 10.2. The van der Waals surface area contributed by atoms with Crippen LogP contribution in [0.2, 0.25) is 0 Å². The van der Waals surface area contributed by atoms with E-state index in [4.69, 9.17) is 10.6 Å². The van der Waals surface area contributed by atoms with Crippen LogP contribution in [-0.2, 0) is 10.5 Å². The first-order valence-corrected chi connectivity index (χ1v) is 7.30. The van der Waals surface area contributed by atoms with E-state index in [2.05, 4.69) is 5.43 Å². The minimum Gasteiger partial charge on any atom is -0.377 e. The molecule has 0 aliphatic carbocycles. The second-order valence-corrected chi connectivity index (χ2v) is 5.39. The number of nitrogens with one attached hydrogen (secondary N) is 1. The zero-order chi connectivity index (χ0) is 13.7. The number of benzene rings is 1. The van der Waals surface area contributed by atoms with Crippen LogP contribution in [0.5, 0.6) is 0 Å². The summed E-state index contributed by atoms with van der Waals surface area (Å²) in [5.41, 5.74) is 3.69. The lowest BCUT2D eigenvalue weighted by Gasteiger charge is -2.11. The average molecular weight is 283 g/mol. The molecule has 1 aliphatic rings. The van der Waals surface area contributed by atoms with Crippen molar-refractivity contribution in [3.8, 4) is 0 Å². The molecule has 1 aliphatic heterocycles. The summed E-state index contributed by atoms with van der Waals surface area (Å²) in [4.78, 5) is 10.5. The Kier molecular flexibility index (Phi) is 5.00. The van der Waals surface area contributed by atoms with Gasteiger partial charge in [-0.3, -0.25) is 16.0 Å². The third kappa shape index (κ3) is 3.59. The van der Waals surface area contributed by atoms with Crippen molar-refractivity contribution in [3.05, 3.63) is 33.9 Å². The maximum atomic E-state index is 10.9. The normalized spacial score (nSPS) is 18.5. The first kappa shape index (κ1) is 14.1. The number of hydrogen-bond donors (Lipinski definition) is 2. The molecule has 104 valence electrons. The van der Waals surface area contributed by atoms with E-state index in [-0.39, 0.29) is 5.69 Å². The fraction of sp³-hybridized carbons (Fsp3) is 0.500. The topological polar surface area (TPSA) is 90.4 Å². The largest absolute Gasteiger partial charge is 0.377 e. The summed E-state index contributed by atoms with van der Waals surface area (Å²) in [6.45, 7) is 0.845. The summed E-state index contributed by atoms with van der Waals surface area (Å²) < 4.78 is 5.54. The number of para-hydroxylation sites is 1. The predicted octanol–water partition coefficient (Wildman–Crippen LogP) is 2.29. The molecule has 1 unspecified atom stereocenters. The van der Waals surface area contributed by atoms with Crippen LogP contribution < -0.4 is 11.3 Å². The minimum absolute atomic E-state index is 0.0118. The van der Waals surface area contributed by atoms with E-state index >= 15 is 0 Å². The number of nitro benzene ring substituents is 1. The highest BCUT2D eigenvalue weighted by atomic mass is 32.2. The number of nitrogen functional groups attached to an aromatic ring is 1. The number of hydrazine groups is 1. The molecule has 3 N–H and O–H groups in total. The molecular formula is C12H17N3O3S. The summed E-state index contributed by atoms with van der Waals surface area (Å²) in [5.74, 6) is 6.99. The predicted molar refractivity (Wildman–Crippen MR) is 76.0 cm³/mol. The first-order valence-electron chi connectivity index (χ1n) is 6.14. The summed E-state index contributed by atoms with van der Waals surface area (Å²) in [6.07, 6.45) is 2.54. The summed E-state index contributed by atoms with van der Waals surface area (Å²) in [7, 11) is 0. The molecule has 6 nitrogen and oxygen atoms in total. The third-order valence-electron chi connectivity index (χ3n) is 3.06. The molecule has 0 aromatic heterocycles. The van der Waals surface area contributed by atoms with Gasteiger partial charge >= 0.3 is 0 Å². The fourth-order valence-electron chi connectivity index (χ4n) is 2.10. The van der Waals surface area contributed by atoms with E-state index in [1.165, 1.54) is 6.07 Å². The highest BCUT2D eigenvalue weighted by molar-refractivity contribution is 7.98. The van der Waals surface area contributed by atoms with Gasteiger partial charge in [-0.05, 0) is 18.4 Å². The van der Waals surface area contributed by atoms with Crippen LogP contribution in [0.15, 0.2) is 18.2 Å². The van der Waals surface area contributed by atoms with E-state index < -0.39 is 4.92 Å². The van der Waals surface area contributed by atoms with E-state index in [9.17, 15) is 10.1 Å². The van der Waals surface area contributed by atoms with E-state index in [0.29, 0.717) is 17.5 Å². The molecule has 1 saturated heterocycles. The Labute approximate surface area is 115 Å². The number of rotatable bonds is 6. The molecule has 0 radical (unpaired) electrons. The van der Waals surface area contributed by atoms with Gasteiger partial charge in [0.1, 0.15) is 5.69 Å². The van der Waals surface area contributed by atoms with Crippen LogP contribution in [0.3, 0.4) is 0 Å². The van der Waals surface area contributed by atoms with Gasteiger partial charge in [0.15, 0.2) is 0 Å². The second kappa shape index (κ2) is 6.74. The number of thioether (sulfide) groups is 1. The lowest BCUT2D eigenvalue weighted by molar-refractivity contribution is -0.384. The Balaban J connectivity index is 1.98. The quantitative estimate of drug-likeness (QED) is 0.473. The van der Waals surface area contributed by atoms with E-state index in [1.807, 2.05) is 6.07 Å². The van der Waals surface area contributed by atoms with Crippen LogP contribution in [0.25, 0.3) is 0 Å². The van der Waals surface area contributed by atoms with Crippen LogP contribution >= 0.6 is 11.8 Å². The van der Waals surface area contributed by atoms with Crippen molar-refractivity contribution in [3.63, 3.8) is 0 Å². The molecule has 0 bridgehead atoms. The number of nitrogens with zero attached hydrogens (tertiary/aromatic N) is 1. The van der Waals surface area contributed by atoms with Crippen molar-refractivity contribution in [2.24, 2.45) is 5.84 Å². The van der Waals surface area contributed by atoms with Crippen LogP contribution in [-0.4, -0.2) is 23.4 Å². The maximum absolute atomic E-state index is 10.9. The zero-order valence-corrected chi connectivity index (χ0v) is 11.3. The van der Waals surface area contributed by atoms with Crippen LogP contribution in [0.1, 0.15) is 18.4 Å². The monoisotopic (exact) mass is 283 g/mol. The molecule has 0 amide bonds. The molecule has 0 spiro atoms. The average Bonchev–Trinajstić information content (AvgIpc) is 2.91. The van der Waals surface area contributed by atoms with Crippen molar-refractivity contribution in [1.82, 2.24) is 0 Å². The van der Waals surface area contributed by atoms with Gasteiger partial charge in [-0.25, -0.2) is 0 Å². The van der Waals surface area contributed by atoms with Crippen molar-refractivity contribution in [2.75, 3.05) is 17.8 Å². The zero-order valence-electron chi connectivity index (χ0n) is 10.5. The maximum Gasteiger partial charge on any atom is 0.293 e. The number of ether oxygens (including phenoxy) is 1. The molecule has 1 aromatic rings. The van der Waals surface area contributed by atoms with Crippen molar-refractivity contribution in [1.29, 1.82) is 0 Å². The molecule has 0 saturated carbocycles. The van der Waals surface area contributed by atoms with Gasteiger partial charge in [0.25, 0.3) is 5.69 Å². The Hall–Kier alpha value is -1.31. The smallest absolute Gasteiger partial charge is 0.293 e. The van der Waals surface area contributed by atoms with Crippen molar-refractivity contribution < 1.29 is 9.66 Å². The van der Waals surface area contributed by atoms with Gasteiger partial charge in [-0.2, -0.15) is 11.8 Å². The molecule has 7 heteroatoms. The van der Waals surface area contributed by atoms with Crippen LogP contribution in [0, 0.1) is 10.1 Å². The van der Waals surface area contributed by atoms with Gasteiger partial charge in [0.2, 0.25) is 0 Å². The summed E-state index contributed by atoms with van der Waals surface area (Å²) in [6, 6.07) is 4.98. The van der Waals surface area contributed by atoms with Crippen LogP contribution in [0.4, 0.5) is 11.4 Å². The van der Waals surface area contributed by atoms with Crippen molar-refractivity contribution in [2.45, 2.75) is 24.7 Å². The molecule has 1 heterocycles. The standard InChI is InChI=1S/C12H17N3O3S/c13-14-12-9(3-1-5-11(12)15(16)17)7-19-8-10-4-2-6-18-10/h1,3,5,10,14H,2,4,6-8,13H2. The van der Waals surface area contributed by atoms with E-state index in [1.54, 1.807) is 17.8 Å². The van der Waals surface area contributed by atoms with E-state index in [0.717, 1.165) is 30.8 Å². The summed E-state index contributed by atoms with van der Waals surface area (Å²) in [5, 5.41) is 10.9. The van der Waals surface area contributed by atoms with Gasteiger partial charge in [0.05, 0.1) is 11.0 Å². The minimum atomic E-state index is -0.427. The highest BCUT2D eigenvalue weighted by Gasteiger charge is 2.18. The molecule has 1 aromatic carbocycles. The third-order valence-corrected chi connectivity index (χ3v) is 4.18. The molecule has 1 atom stereocenters. The van der Waals surface area contributed by atoms with Gasteiger partial charge in [-0.1, -0.05) is 12.1 Å². The van der Waals surface area contributed by atoms with Gasteiger partial charge in [0, 0.05) is 24.2 Å². The summed E-state index contributed by atoms with van der Waals surface area (Å²) >= 11 is 1.71. The van der Waals surface area contributed by atoms with Gasteiger partial charge in [-0.15, -0.1) is 0 Å². The highest BCUT2D eigenvalue weighted by Crippen LogP contribution is 2.30. The second-order valence-electron chi connectivity index (χ2n) is 4.36. The molecule has 19 heavy (non-hydrogen) atoms. The number of anilines is 1. The number of nitrogens with two attached hydrogens (primary N) is 1. The number of nitro groups is 1. The van der Waals surface area contributed by atoms with Gasteiger partial charge < -0.3 is 10.2 Å². The SMILES string of the molecule is NNc1c(CSCC2CCCO2)cccc1[N+](=O)[O-]. The first-order chi connectivity index (χ1) is 9.22. The Morgan fingerprint density at radius 2 is 2.42 bits per heavy atom. The van der Waals surface area contributed by atoms with Crippen molar-refractivity contribution >= 4 is 23.1 Å². The molecular weight excluding hydrogens is 266 g/mol. The Morgan fingerprint density at radius 1 is 1.58 bits per heavy atom. The number of hydrogen-bond acceptors (Lipinski definition) is 6.